The van der Waals surface area contributed by atoms with Crippen molar-refractivity contribution in [1.82, 2.24) is 5.32 Å². The van der Waals surface area contributed by atoms with Crippen molar-refractivity contribution in [3.8, 4) is 5.75 Å². The van der Waals surface area contributed by atoms with E-state index in [1.54, 1.807) is 48.5 Å². The number of ether oxygens (including phenoxy) is 1. The Balaban J connectivity index is 1.63. The van der Waals surface area contributed by atoms with Crippen LogP contribution in [0, 0.1) is 6.92 Å². The zero-order valence-electron chi connectivity index (χ0n) is 18.1. The zero-order valence-corrected chi connectivity index (χ0v) is 18.9. The second kappa shape index (κ2) is 9.04. The van der Waals surface area contributed by atoms with Crippen LogP contribution in [0.1, 0.15) is 30.5 Å². The molecule has 166 valence electrons. The molecule has 2 atom stereocenters. The van der Waals surface area contributed by atoms with E-state index in [0.717, 1.165) is 11.1 Å². The minimum atomic E-state index is -3.87. The predicted octanol–water partition coefficient (Wildman–Crippen LogP) is 4.22. The van der Waals surface area contributed by atoms with E-state index in [2.05, 4.69) is 5.32 Å². The van der Waals surface area contributed by atoms with Gasteiger partial charge in [-0.3, -0.25) is 9.10 Å². The number of fused-ring (bicyclic) bond motifs is 1. The molecule has 0 saturated carbocycles. The maximum Gasteiger partial charge on any atom is 0.264 e. The van der Waals surface area contributed by atoms with Crippen LogP contribution in [0.5, 0.6) is 5.75 Å². The molecule has 1 aliphatic rings. The quantitative estimate of drug-likeness (QED) is 0.610. The number of nitrogens with zero attached hydrogens (tertiary/aromatic N) is 1. The third-order valence-corrected chi connectivity index (χ3v) is 7.36. The number of hydrogen-bond donors (Lipinski definition) is 1. The van der Waals surface area contributed by atoms with Crippen LogP contribution in [-0.4, -0.2) is 27.0 Å². The van der Waals surface area contributed by atoms with Gasteiger partial charge in [-0.2, -0.15) is 0 Å². The maximum atomic E-state index is 13.5. The fourth-order valence-electron chi connectivity index (χ4n) is 3.77. The SMILES string of the molecule is CC[C@H](NC(=O)[C@@H]1CN(S(=O)(=O)c2ccc(C)cc2)c2ccccc2O1)c1ccccc1. The Hall–Kier alpha value is -3.32. The van der Waals surface area contributed by atoms with Gasteiger partial charge in [0.15, 0.2) is 6.10 Å². The molecule has 0 saturated heterocycles. The van der Waals surface area contributed by atoms with Gasteiger partial charge in [0.05, 0.1) is 23.2 Å². The number of carbonyl (C=O) groups is 1. The van der Waals surface area contributed by atoms with Crippen LogP contribution in [0.4, 0.5) is 5.69 Å². The van der Waals surface area contributed by atoms with Gasteiger partial charge in [0.2, 0.25) is 0 Å². The standard InChI is InChI=1S/C25H26N2O4S/c1-3-21(19-9-5-4-6-10-19)26-25(28)24-17-27(22-11-7-8-12-23(22)31-24)32(29,30)20-15-13-18(2)14-16-20/h4-16,21,24H,3,17H2,1-2H3,(H,26,28)/t21-,24-/m0/s1. The first-order valence-corrected chi connectivity index (χ1v) is 12.0. The minimum Gasteiger partial charge on any atom is -0.476 e. The monoisotopic (exact) mass is 450 g/mol. The number of aryl methyl sites for hydroxylation is 1. The first-order valence-electron chi connectivity index (χ1n) is 10.6. The molecule has 6 nitrogen and oxygen atoms in total. The molecule has 3 aromatic rings. The summed E-state index contributed by atoms with van der Waals surface area (Å²) in [6, 6.07) is 23.1. The molecule has 0 spiro atoms. The summed E-state index contributed by atoms with van der Waals surface area (Å²) in [7, 11) is -3.87. The topological polar surface area (TPSA) is 75.7 Å². The fraction of sp³-hybridized carbons (Fsp3) is 0.240. The van der Waals surface area contributed by atoms with Crippen molar-refractivity contribution in [1.29, 1.82) is 0 Å². The summed E-state index contributed by atoms with van der Waals surface area (Å²) in [6.45, 7) is 3.78. The van der Waals surface area contributed by atoms with Crippen molar-refractivity contribution in [2.24, 2.45) is 0 Å². The van der Waals surface area contributed by atoms with Crippen molar-refractivity contribution in [2.45, 2.75) is 37.3 Å². The molecular formula is C25H26N2O4S. The largest absolute Gasteiger partial charge is 0.476 e. The van der Waals surface area contributed by atoms with Crippen LogP contribution in [0.3, 0.4) is 0 Å². The molecule has 0 unspecified atom stereocenters. The molecule has 0 aliphatic carbocycles. The molecule has 4 rings (SSSR count). The lowest BCUT2D eigenvalue weighted by atomic mass is 10.0. The molecule has 1 amide bonds. The van der Waals surface area contributed by atoms with Crippen LogP contribution in [-0.2, 0) is 14.8 Å². The summed E-state index contributed by atoms with van der Waals surface area (Å²) in [6.07, 6.45) is -0.271. The molecule has 7 heteroatoms. The first-order chi connectivity index (χ1) is 15.4. The van der Waals surface area contributed by atoms with E-state index in [1.807, 2.05) is 44.2 Å². The number of sulfonamides is 1. The Morgan fingerprint density at radius 3 is 2.38 bits per heavy atom. The molecule has 0 radical (unpaired) electrons. The molecule has 0 aromatic heterocycles. The second-order valence-corrected chi connectivity index (χ2v) is 9.67. The van der Waals surface area contributed by atoms with Crippen molar-refractivity contribution < 1.29 is 17.9 Å². The van der Waals surface area contributed by atoms with E-state index in [-0.39, 0.29) is 23.4 Å². The molecule has 1 N–H and O–H groups in total. The van der Waals surface area contributed by atoms with Crippen LogP contribution in [0.25, 0.3) is 0 Å². The molecule has 1 aliphatic heterocycles. The van der Waals surface area contributed by atoms with Crippen molar-refractivity contribution in [3.63, 3.8) is 0 Å². The number of anilines is 1. The van der Waals surface area contributed by atoms with Crippen LogP contribution >= 0.6 is 0 Å². The Morgan fingerprint density at radius 1 is 1.03 bits per heavy atom. The highest BCUT2D eigenvalue weighted by Gasteiger charge is 2.37. The third-order valence-electron chi connectivity index (χ3n) is 5.56. The smallest absolute Gasteiger partial charge is 0.264 e. The van der Waals surface area contributed by atoms with E-state index < -0.39 is 16.1 Å². The summed E-state index contributed by atoms with van der Waals surface area (Å²) in [4.78, 5) is 13.3. The van der Waals surface area contributed by atoms with Crippen LogP contribution in [0.15, 0.2) is 83.8 Å². The van der Waals surface area contributed by atoms with E-state index in [1.165, 1.54) is 4.31 Å². The summed E-state index contributed by atoms with van der Waals surface area (Å²) < 4.78 is 34.1. The number of hydrogen-bond acceptors (Lipinski definition) is 4. The van der Waals surface area contributed by atoms with Gasteiger partial charge >= 0.3 is 0 Å². The second-order valence-electron chi connectivity index (χ2n) is 7.80. The van der Waals surface area contributed by atoms with E-state index in [9.17, 15) is 13.2 Å². The minimum absolute atomic E-state index is 0.107. The molecule has 32 heavy (non-hydrogen) atoms. The number of amides is 1. The van der Waals surface area contributed by atoms with Gasteiger partial charge in [-0.25, -0.2) is 8.42 Å². The zero-order chi connectivity index (χ0) is 22.7. The van der Waals surface area contributed by atoms with E-state index >= 15 is 0 Å². The van der Waals surface area contributed by atoms with Gasteiger partial charge in [-0.1, -0.05) is 67.1 Å². The molecule has 1 heterocycles. The number of benzene rings is 3. The maximum absolute atomic E-state index is 13.5. The predicted molar refractivity (Wildman–Crippen MR) is 124 cm³/mol. The summed E-state index contributed by atoms with van der Waals surface area (Å²) in [5.74, 6) is 0.0154. The van der Waals surface area contributed by atoms with Gasteiger partial charge in [0.25, 0.3) is 15.9 Å². The van der Waals surface area contributed by atoms with Gasteiger partial charge in [-0.05, 0) is 43.2 Å². The summed E-state index contributed by atoms with van der Waals surface area (Å²) >= 11 is 0. The average Bonchev–Trinajstić information content (AvgIpc) is 2.82. The number of rotatable bonds is 6. The normalized spacial score (nSPS) is 16.6. The molecular weight excluding hydrogens is 424 g/mol. The van der Waals surface area contributed by atoms with Gasteiger partial charge in [0, 0.05) is 0 Å². The Labute approximate surface area is 188 Å². The Bertz CT molecular complexity index is 1190. The highest BCUT2D eigenvalue weighted by Crippen LogP contribution is 2.37. The number of para-hydroxylation sites is 2. The van der Waals surface area contributed by atoms with Crippen molar-refractivity contribution in [2.75, 3.05) is 10.8 Å². The number of nitrogens with one attached hydrogen (secondary N) is 1. The van der Waals surface area contributed by atoms with Gasteiger partial charge < -0.3 is 10.1 Å². The van der Waals surface area contributed by atoms with E-state index in [4.69, 9.17) is 4.74 Å². The fourth-order valence-corrected chi connectivity index (χ4v) is 5.25. The van der Waals surface area contributed by atoms with E-state index in [0.29, 0.717) is 17.9 Å². The van der Waals surface area contributed by atoms with Gasteiger partial charge in [0.1, 0.15) is 5.75 Å². The molecule has 0 fully saturated rings. The average molecular weight is 451 g/mol. The molecule has 3 aromatic carbocycles. The van der Waals surface area contributed by atoms with Gasteiger partial charge in [-0.15, -0.1) is 0 Å². The lowest BCUT2D eigenvalue weighted by Crippen LogP contribution is -2.51. The van der Waals surface area contributed by atoms with Crippen LogP contribution < -0.4 is 14.4 Å². The van der Waals surface area contributed by atoms with Crippen molar-refractivity contribution >= 4 is 21.6 Å². The number of carbonyl (C=O) groups excluding carboxylic acids is 1. The highest BCUT2D eigenvalue weighted by molar-refractivity contribution is 7.92. The van der Waals surface area contributed by atoms with Crippen molar-refractivity contribution in [3.05, 3.63) is 90.0 Å². The Morgan fingerprint density at radius 2 is 1.69 bits per heavy atom. The van der Waals surface area contributed by atoms with Crippen LogP contribution in [0.2, 0.25) is 0 Å². The third kappa shape index (κ3) is 4.34. The Kier molecular flexibility index (Phi) is 6.19. The lowest BCUT2D eigenvalue weighted by molar-refractivity contribution is -0.128. The summed E-state index contributed by atoms with van der Waals surface area (Å²) in [5.41, 5.74) is 2.38. The summed E-state index contributed by atoms with van der Waals surface area (Å²) in [5, 5.41) is 3.02. The highest BCUT2D eigenvalue weighted by atomic mass is 32.2. The molecule has 0 bridgehead atoms. The lowest BCUT2D eigenvalue weighted by Gasteiger charge is -2.35. The first kappa shape index (κ1) is 21.9.